The Morgan fingerprint density at radius 1 is 1.07 bits per heavy atom. The number of amides is 2. The number of hydrogen-bond acceptors (Lipinski definition) is 4. The van der Waals surface area contributed by atoms with Crippen LogP contribution in [0.1, 0.15) is 57.0 Å². The van der Waals surface area contributed by atoms with Crippen LogP contribution in [-0.4, -0.2) is 29.1 Å². The molecule has 1 fully saturated rings. The Kier molecular flexibility index (Phi) is 6.17. The molecule has 1 aromatic heterocycles. The highest BCUT2D eigenvalue weighted by atomic mass is 16.2. The van der Waals surface area contributed by atoms with Gasteiger partial charge in [0, 0.05) is 24.5 Å². The fourth-order valence-electron chi connectivity index (χ4n) is 3.34. The molecule has 6 heteroatoms. The van der Waals surface area contributed by atoms with Crippen molar-refractivity contribution in [2.24, 2.45) is 0 Å². The van der Waals surface area contributed by atoms with Gasteiger partial charge in [-0.05, 0) is 55.4 Å². The third-order valence-electron chi connectivity index (χ3n) is 4.97. The molecule has 0 bridgehead atoms. The summed E-state index contributed by atoms with van der Waals surface area (Å²) in [4.78, 5) is 23.7. The van der Waals surface area contributed by atoms with Crippen molar-refractivity contribution in [1.29, 1.82) is 0 Å². The van der Waals surface area contributed by atoms with Crippen LogP contribution in [0.3, 0.4) is 0 Å². The zero-order valence-electron chi connectivity index (χ0n) is 17.4. The molecule has 0 aliphatic carbocycles. The monoisotopic (exact) mass is 381 g/mol. The Labute approximate surface area is 167 Å². The highest BCUT2D eigenvalue weighted by molar-refractivity contribution is 5.89. The van der Waals surface area contributed by atoms with Crippen molar-refractivity contribution in [3.05, 3.63) is 47.3 Å². The van der Waals surface area contributed by atoms with Crippen molar-refractivity contribution in [2.75, 3.05) is 23.3 Å². The highest BCUT2D eigenvalue weighted by Crippen LogP contribution is 2.23. The number of urea groups is 1. The predicted octanol–water partition coefficient (Wildman–Crippen LogP) is 4.39. The quantitative estimate of drug-likeness (QED) is 0.824. The van der Waals surface area contributed by atoms with Gasteiger partial charge >= 0.3 is 6.03 Å². The van der Waals surface area contributed by atoms with E-state index in [4.69, 9.17) is 0 Å². The minimum Gasteiger partial charge on any atom is -0.341 e. The molecule has 1 saturated heterocycles. The van der Waals surface area contributed by atoms with E-state index in [0.29, 0.717) is 6.54 Å². The summed E-state index contributed by atoms with van der Waals surface area (Å²) in [5.41, 5.74) is 3.85. The fraction of sp³-hybridized carbons (Fsp3) is 0.500. The van der Waals surface area contributed by atoms with Crippen LogP contribution < -0.4 is 15.5 Å². The molecule has 0 radical (unpaired) electrons. The lowest BCUT2D eigenvalue weighted by Crippen LogP contribution is -2.32. The largest absolute Gasteiger partial charge is 0.341 e. The molecule has 3 rings (SSSR count). The van der Waals surface area contributed by atoms with Crippen molar-refractivity contribution in [3.8, 4) is 0 Å². The van der Waals surface area contributed by atoms with Gasteiger partial charge in [0.15, 0.2) is 0 Å². The first-order valence-corrected chi connectivity index (χ1v) is 10.1. The van der Waals surface area contributed by atoms with Gasteiger partial charge < -0.3 is 15.5 Å². The second-order valence-electron chi connectivity index (χ2n) is 8.48. The maximum atomic E-state index is 12.3. The minimum absolute atomic E-state index is 0.0950. The molecule has 0 unspecified atom stereocenters. The smallest absolute Gasteiger partial charge is 0.319 e. The third kappa shape index (κ3) is 5.44. The zero-order chi connectivity index (χ0) is 20.1. The van der Waals surface area contributed by atoms with Gasteiger partial charge in [-0.3, -0.25) is 0 Å². The van der Waals surface area contributed by atoms with Crippen LogP contribution in [0.5, 0.6) is 0 Å². The summed E-state index contributed by atoms with van der Waals surface area (Å²) < 4.78 is 0. The van der Waals surface area contributed by atoms with E-state index in [1.54, 1.807) is 0 Å². The summed E-state index contributed by atoms with van der Waals surface area (Å²) in [6.07, 6.45) is 3.64. The van der Waals surface area contributed by atoms with E-state index in [1.807, 2.05) is 37.3 Å². The van der Waals surface area contributed by atoms with Crippen molar-refractivity contribution < 1.29 is 4.79 Å². The molecule has 0 saturated carbocycles. The first kappa shape index (κ1) is 20.1. The minimum atomic E-state index is -0.237. The van der Waals surface area contributed by atoms with Crippen molar-refractivity contribution in [1.82, 2.24) is 15.3 Å². The Balaban J connectivity index is 1.57. The van der Waals surface area contributed by atoms with Crippen molar-refractivity contribution in [3.63, 3.8) is 0 Å². The predicted molar refractivity (Wildman–Crippen MR) is 114 cm³/mol. The van der Waals surface area contributed by atoms with E-state index in [0.717, 1.165) is 36.1 Å². The van der Waals surface area contributed by atoms with E-state index >= 15 is 0 Å². The molecule has 0 spiro atoms. The molecule has 1 aromatic carbocycles. The van der Waals surface area contributed by atoms with Gasteiger partial charge in [-0.2, -0.15) is 0 Å². The van der Waals surface area contributed by atoms with Crippen LogP contribution in [0.15, 0.2) is 30.3 Å². The number of rotatable bonds is 4. The number of nitrogens with one attached hydrogen (secondary N) is 2. The number of benzene rings is 1. The van der Waals surface area contributed by atoms with Gasteiger partial charge in [-0.15, -0.1) is 0 Å². The standard InChI is InChI=1S/C22H31N5O/c1-16-14-19(25-20(24-16)27-12-6-5-7-13-27)15-23-21(28)26-18-10-8-17(9-11-18)22(2,3)4/h8-11,14H,5-7,12-13,15H2,1-4H3,(H2,23,26,28). The summed E-state index contributed by atoms with van der Waals surface area (Å²) in [5.74, 6) is 0.773. The molecule has 1 aliphatic rings. The average molecular weight is 382 g/mol. The molecule has 6 nitrogen and oxygen atoms in total. The van der Waals surface area contributed by atoms with Crippen LogP contribution in [-0.2, 0) is 12.0 Å². The summed E-state index contributed by atoms with van der Waals surface area (Å²) in [7, 11) is 0. The van der Waals surface area contributed by atoms with Gasteiger partial charge in [0.2, 0.25) is 5.95 Å². The summed E-state index contributed by atoms with van der Waals surface area (Å²) >= 11 is 0. The van der Waals surface area contributed by atoms with E-state index in [-0.39, 0.29) is 11.4 Å². The van der Waals surface area contributed by atoms with E-state index < -0.39 is 0 Å². The van der Waals surface area contributed by atoms with Crippen LogP contribution in [0, 0.1) is 6.92 Å². The van der Waals surface area contributed by atoms with Crippen LogP contribution in [0.4, 0.5) is 16.4 Å². The first-order valence-electron chi connectivity index (χ1n) is 10.1. The number of anilines is 2. The average Bonchev–Trinajstić information content (AvgIpc) is 2.66. The molecule has 2 N–H and O–H groups in total. The van der Waals surface area contributed by atoms with Crippen LogP contribution in [0.25, 0.3) is 0 Å². The van der Waals surface area contributed by atoms with Crippen molar-refractivity contribution >= 4 is 17.7 Å². The number of carbonyl (C=O) groups excluding carboxylic acids is 1. The normalized spacial score (nSPS) is 14.6. The molecular formula is C22H31N5O. The highest BCUT2D eigenvalue weighted by Gasteiger charge is 2.15. The number of aromatic nitrogens is 2. The molecular weight excluding hydrogens is 350 g/mol. The van der Waals surface area contributed by atoms with Crippen LogP contribution >= 0.6 is 0 Å². The molecule has 1 aliphatic heterocycles. The summed E-state index contributed by atoms with van der Waals surface area (Å²) in [6.45, 7) is 10.9. The number of piperidine rings is 1. The van der Waals surface area contributed by atoms with Gasteiger partial charge in [-0.1, -0.05) is 32.9 Å². The van der Waals surface area contributed by atoms with Gasteiger partial charge in [0.1, 0.15) is 0 Å². The van der Waals surface area contributed by atoms with Crippen molar-refractivity contribution in [2.45, 2.75) is 58.9 Å². The molecule has 28 heavy (non-hydrogen) atoms. The van der Waals surface area contributed by atoms with Gasteiger partial charge in [0.05, 0.1) is 12.2 Å². The maximum Gasteiger partial charge on any atom is 0.319 e. The lowest BCUT2D eigenvalue weighted by atomic mass is 9.87. The Morgan fingerprint density at radius 3 is 2.39 bits per heavy atom. The first-order chi connectivity index (χ1) is 13.3. The third-order valence-corrected chi connectivity index (χ3v) is 4.97. The lowest BCUT2D eigenvalue weighted by Gasteiger charge is -2.27. The van der Waals surface area contributed by atoms with E-state index in [1.165, 1.54) is 24.8 Å². The van der Waals surface area contributed by atoms with E-state index in [2.05, 4.69) is 46.3 Å². The van der Waals surface area contributed by atoms with Crippen LogP contribution in [0.2, 0.25) is 0 Å². The zero-order valence-corrected chi connectivity index (χ0v) is 17.4. The molecule has 2 aromatic rings. The van der Waals surface area contributed by atoms with E-state index in [9.17, 15) is 4.79 Å². The topological polar surface area (TPSA) is 70.2 Å². The molecule has 2 amide bonds. The molecule has 0 atom stereocenters. The number of carbonyl (C=O) groups is 1. The van der Waals surface area contributed by atoms with Gasteiger partial charge in [-0.25, -0.2) is 14.8 Å². The summed E-state index contributed by atoms with van der Waals surface area (Å²) in [6, 6.07) is 9.65. The number of nitrogens with zero attached hydrogens (tertiary/aromatic N) is 3. The SMILES string of the molecule is Cc1cc(CNC(=O)Nc2ccc(C(C)(C)C)cc2)nc(N2CCCCC2)n1. The maximum absolute atomic E-state index is 12.3. The Morgan fingerprint density at radius 2 is 1.75 bits per heavy atom. The molecule has 150 valence electrons. The fourth-order valence-corrected chi connectivity index (χ4v) is 3.34. The summed E-state index contributed by atoms with van der Waals surface area (Å²) in [5, 5.41) is 5.77. The second-order valence-corrected chi connectivity index (χ2v) is 8.48. The van der Waals surface area contributed by atoms with Gasteiger partial charge in [0.25, 0.3) is 0 Å². The Hall–Kier alpha value is -2.63. The molecule has 2 heterocycles. The number of hydrogen-bond donors (Lipinski definition) is 2. The number of aryl methyl sites for hydroxylation is 1. The Bertz CT molecular complexity index is 805. The lowest BCUT2D eigenvalue weighted by molar-refractivity contribution is 0.251. The second kappa shape index (κ2) is 8.59.